The fourth-order valence-corrected chi connectivity index (χ4v) is 2.75. The largest absolute Gasteiger partial charge is 0.361 e. The maximum atomic E-state index is 5.92. The highest BCUT2D eigenvalue weighted by Crippen LogP contribution is 2.13. The molecule has 120 valence electrons. The summed E-state index contributed by atoms with van der Waals surface area (Å²) in [4.78, 5) is 2.40. The third-order valence-electron chi connectivity index (χ3n) is 4.10. The molecular weight excluding hydrogens is 252 g/mol. The lowest BCUT2D eigenvalue weighted by Crippen LogP contribution is -2.48. The van der Waals surface area contributed by atoms with Crippen LogP contribution < -0.4 is 5.32 Å². The van der Waals surface area contributed by atoms with Crippen LogP contribution in [0.1, 0.15) is 60.3 Å². The number of rotatable bonds is 10. The van der Waals surface area contributed by atoms with Crippen LogP contribution in [0.15, 0.2) is 0 Å². The molecule has 0 amide bonds. The summed E-state index contributed by atoms with van der Waals surface area (Å²) >= 11 is 0. The van der Waals surface area contributed by atoms with Crippen molar-refractivity contribution in [3.8, 4) is 0 Å². The van der Waals surface area contributed by atoms with Gasteiger partial charge >= 0.3 is 0 Å². The Kier molecular flexibility index (Phi) is 8.03. The molecule has 0 radical (unpaired) electrons. The maximum absolute atomic E-state index is 5.92. The van der Waals surface area contributed by atoms with E-state index in [1.807, 2.05) is 0 Å². The van der Waals surface area contributed by atoms with E-state index in [0.29, 0.717) is 19.3 Å². The van der Waals surface area contributed by atoms with Crippen LogP contribution in [0.4, 0.5) is 0 Å². The summed E-state index contributed by atoms with van der Waals surface area (Å²) in [6, 6.07) is 0.523. The predicted octanol–water partition coefficient (Wildman–Crippen LogP) is 2.98. The van der Waals surface area contributed by atoms with E-state index in [-0.39, 0.29) is 12.0 Å². The maximum Gasteiger partial charge on any atom is 0.113 e. The van der Waals surface area contributed by atoms with Gasteiger partial charge in [0.1, 0.15) is 12.0 Å². The van der Waals surface area contributed by atoms with Crippen molar-refractivity contribution in [2.75, 3.05) is 26.3 Å². The first-order chi connectivity index (χ1) is 9.48. The lowest BCUT2D eigenvalue weighted by atomic mass is 10.1. The molecule has 0 saturated carbocycles. The summed E-state index contributed by atoms with van der Waals surface area (Å²) in [5, 5.41) is 3.55. The van der Waals surface area contributed by atoms with Crippen LogP contribution in [0.2, 0.25) is 0 Å². The number of ether oxygens (including phenoxy) is 2. The van der Waals surface area contributed by atoms with Crippen LogP contribution in [0.25, 0.3) is 0 Å². The second kappa shape index (κ2) is 8.98. The van der Waals surface area contributed by atoms with Crippen molar-refractivity contribution >= 4 is 0 Å². The van der Waals surface area contributed by atoms with Gasteiger partial charge in [0.2, 0.25) is 0 Å². The third kappa shape index (κ3) is 6.53. The van der Waals surface area contributed by atoms with Gasteiger partial charge in [0.05, 0.1) is 13.2 Å². The Morgan fingerprint density at radius 1 is 1.10 bits per heavy atom. The third-order valence-corrected chi connectivity index (χ3v) is 4.10. The molecule has 1 saturated heterocycles. The van der Waals surface area contributed by atoms with E-state index in [1.54, 1.807) is 0 Å². The smallest absolute Gasteiger partial charge is 0.113 e. The van der Waals surface area contributed by atoms with Crippen LogP contribution in [0.3, 0.4) is 0 Å². The van der Waals surface area contributed by atoms with Crippen molar-refractivity contribution in [3.63, 3.8) is 0 Å². The first-order valence-corrected chi connectivity index (χ1v) is 8.25. The Morgan fingerprint density at radius 3 is 2.25 bits per heavy atom. The zero-order valence-corrected chi connectivity index (χ0v) is 14.1. The minimum Gasteiger partial charge on any atom is -0.361 e. The summed E-state index contributed by atoms with van der Waals surface area (Å²) in [6.45, 7) is 14.4. The normalized spacial score (nSPS) is 18.9. The van der Waals surface area contributed by atoms with E-state index in [0.717, 1.165) is 12.8 Å². The first-order valence-electron chi connectivity index (χ1n) is 8.25. The van der Waals surface area contributed by atoms with E-state index < -0.39 is 0 Å². The second-order valence-corrected chi connectivity index (χ2v) is 6.23. The molecule has 0 aromatic rings. The fraction of sp³-hybridized carbons (Fsp3) is 1.00. The van der Waals surface area contributed by atoms with Crippen LogP contribution in [-0.2, 0) is 9.47 Å². The van der Waals surface area contributed by atoms with Crippen LogP contribution in [0.5, 0.6) is 0 Å². The van der Waals surface area contributed by atoms with Gasteiger partial charge in [-0.1, -0.05) is 13.8 Å². The zero-order chi connectivity index (χ0) is 15.0. The quantitative estimate of drug-likeness (QED) is 0.494. The van der Waals surface area contributed by atoms with Crippen molar-refractivity contribution in [2.24, 2.45) is 0 Å². The molecule has 1 aliphatic rings. The van der Waals surface area contributed by atoms with Crippen molar-refractivity contribution in [2.45, 2.75) is 78.3 Å². The number of hydrogen-bond donors (Lipinski definition) is 1. The van der Waals surface area contributed by atoms with Gasteiger partial charge in [-0.25, -0.2) is 0 Å². The minimum atomic E-state index is -0.281. The SMILES string of the molecule is CCC(CC)NC(C)(C)OCCOC(C)N1CCCC1. The summed E-state index contributed by atoms with van der Waals surface area (Å²) in [7, 11) is 0. The fourth-order valence-electron chi connectivity index (χ4n) is 2.75. The topological polar surface area (TPSA) is 33.7 Å². The number of nitrogens with one attached hydrogen (secondary N) is 1. The van der Waals surface area contributed by atoms with E-state index in [4.69, 9.17) is 9.47 Å². The molecule has 1 rings (SSSR count). The van der Waals surface area contributed by atoms with E-state index in [1.165, 1.54) is 25.9 Å². The zero-order valence-electron chi connectivity index (χ0n) is 14.1. The molecular formula is C16H34N2O2. The Bertz CT molecular complexity index is 249. The van der Waals surface area contributed by atoms with Gasteiger partial charge in [0.15, 0.2) is 0 Å². The summed E-state index contributed by atoms with van der Waals surface area (Å²) < 4.78 is 11.8. The van der Waals surface area contributed by atoms with Crippen molar-refractivity contribution in [1.82, 2.24) is 10.2 Å². The first kappa shape index (κ1) is 17.9. The molecule has 1 fully saturated rings. The standard InChI is InChI=1S/C16H34N2O2/c1-6-15(7-2)17-16(4,5)20-13-12-19-14(3)18-10-8-9-11-18/h14-15,17H,6-13H2,1-5H3. The highest BCUT2D eigenvalue weighted by atomic mass is 16.6. The predicted molar refractivity (Wildman–Crippen MR) is 83.8 cm³/mol. The van der Waals surface area contributed by atoms with Crippen molar-refractivity contribution in [3.05, 3.63) is 0 Å². The minimum absolute atomic E-state index is 0.219. The molecule has 0 aliphatic carbocycles. The van der Waals surface area contributed by atoms with Gasteiger partial charge in [-0.2, -0.15) is 0 Å². The molecule has 1 unspecified atom stereocenters. The highest BCUT2D eigenvalue weighted by Gasteiger charge is 2.22. The lowest BCUT2D eigenvalue weighted by Gasteiger charge is -2.32. The molecule has 0 spiro atoms. The Morgan fingerprint density at radius 2 is 1.70 bits per heavy atom. The molecule has 0 bridgehead atoms. The van der Waals surface area contributed by atoms with Crippen LogP contribution in [-0.4, -0.2) is 49.2 Å². The molecule has 4 heteroatoms. The Labute approximate surface area is 125 Å². The van der Waals surface area contributed by atoms with E-state index in [9.17, 15) is 0 Å². The highest BCUT2D eigenvalue weighted by molar-refractivity contribution is 4.73. The summed E-state index contributed by atoms with van der Waals surface area (Å²) in [5.41, 5.74) is -0.281. The molecule has 1 heterocycles. The van der Waals surface area contributed by atoms with Crippen LogP contribution in [0, 0.1) is 0 Å². The van der Waals surface area contributed by atoms with Gasteiger partial charge < -0.3 is 9.47 Å². The Balaban J connectivity index is 2.15. The van der Waals surface area contributed by atoms with E-state index in [2.05, 4.69) is 44.8 Å². The monoisotopic (exact) mass is 286 g/mol. The van der Waals surface area contributed by atoms with Gasteiger partial charge in [-0.3, -0.25) is 10.2 Å². The number of nitrogens with zero attached hydrogens (tertiary/aromatic N) is 1. The van der Waals surface area contributed by atoms with E-state index >= 15 is 0 Å². The molecule has 20 heavy (non-hydrogen) atoms. The van der Waals surface area contributed by atoms with Crippen LogP contribution >= 0.6 is 0 Å². The van der Waals surface area contributed by atoms with Gasteiger partial charge in [-0.15, -0.1) is 0 Å². The average Bonchev–Trinajstić information content (AvgIpc) is 2.95. The lowest BCUT2D eigenvalue weighted by molar-refractivity contribution is -0.102. The number of hydrogen-bond acceptors (Lipinski definition) is 4. The van der Waals surface area contributed by atoms with Gasteiger partial charge in [0.25, 0.3) is 0 Å². The molecule has 0 aromatic heterocycles. The molecule has 1 aliphatic heterocycles. The second-order valence-electron chi connectivity index (χ2n) is 6.23. The molecule has 1 atom stereocenters. The van der Waals surface area contributed by atoms with Gasteiger partial charge in [-0.05, 0) is 46.5 Å². The molecule has 0 aromatic carbocycles. The molecule has 4 nitrogen and oxygen atoms in total. The molecule has 1 N–H and O–H groups in total. The Hall–Kier alpha value is -0.160. The number of likely N-dealkylation sites (tertiary alicyclic amines) is 1. The summed E-state index contributed by atoms with van der Waals surface area (Å²) in [5.74, 6) is 0. The van der Waals surface area contributed by atoms with Crippen molar-refractivity contribution in [1.29, 1.82) is 0 Å². The average molecular weight is 286 g/mol. The van der Waals surface area contributed by atoms with Crippen molar-refractivity contribution < 1.29 is 9.47 Å². The summed E-state index contributed by atoms with van der Waals surface area (Å²) in [6.07, 6.45) is 5.08. The van der Waals surface area contributed by atoms with Gasteiger partial charge in [0, 0.05) is 19.1 Å².